The molecule has 5 heteroatoms. The van der Waals surface area contributed by atoms with Gasteiger partial charge in [0.15, 0.2) is 6.10 Å². The smallest absolute Gasteiger partial charge is 0.260 e. The monoisotopic (exact) mass is 329 g/mol. The molecule has 1 rings (SSSR count). The van der Waals surface area contributed by atoms with Crippen LogP contribution in [-0.2, 0) is 4.79 Å². The van der Waals surface area contributed by atoms with Crippen molar-refractivity contribution in [1.29, 1.82) is 0 Å². The van der Waals surface area contributed by atoms with Crippen molar-refractivity contribution in [3.63, 3.8) is 0 Å². The van der Waals surface area contributed by atoms with E-state index in [1.165, 1.54) is 0 Å². The van der Waals surface area contributed by atoms with Gasteiger partial charge in [0.05, 0.1) is 6.10 Å². The molecule has 0 aliphatic heterocycles. The normalized spacial score (nSPS) is 13.7. The highest BCUT2D eigenvalue weighted by Crippen LogP contribution is 2.29. The van der Waals surface area contributed by atoms with Crippen molar-refractivity contribution in [2.45, 2.75) is 39.4 Å². The third kappa shape index (κ3) is 4.84. The number of hydrogen-bond acceptors (Lipinski definition) is 3. The number of aliphatic hydroxyl groups excluding tert-OH is 1. The minimum Gasteiger partial charge on any atom is -0.480 e. The topological polar surface area (TPSA) is 58.6 Å². The molecule has 2 N–H and O–H groups in total. The molecule has 0 spiro atoms. The van der Waals surface area contributed by atoms with E-state index in [-0.39, 0.29) is 5.91 Å². The van der Waals surface area contributed by atoms with E-state index in [9.17, 15) is 9.90 Å². The average Bonchev–Trinajstić information content (AvgIpc) is 2.35. The molecule has 106 valence electrons. The summed E-state index contributed by atoms with van der Waals surface area (Å²) in [5.41, 5.74) is 0.665. The van der Waals surface area contributed by atoms with E-state index in [2.05, 4.69) is 21.2 Å². The molecule has 0 saturated carbocycles. The summed E-state index contributed by atoms with van der Waals surface area (Å²) < 4.78 is 6.49. The molecule has 0 fully saturated rings. The first-order valence-electron chi connectivity index (χ1n) is 6.37. The molecule has 19 heavy (non-hydrogen) atoms. The molecule has 1 amide bonds. The van der Waals surface area contributed by atoms with E-state index >= 15 is 0 Å². The van der Waals surface area contributed by atoms with E-state index in [0.29, 0.717) is 17.9 Å². The first-order chi connectivity index (χ1) is 8.95. The van der Waals surface area contributed by atoms with Crippen molar-refractivity contribution >= 4 is 21.8 Å². The van der Waals surface area contributed by atoms with Crippen LogP contribution in [0.1, 0.15) is 38.9 Å². The maximum atomic E-state index is 11.8. The Morgan fingerprint density at radius 3 is 2.74 bits per heavy atom. The number of carbonyl (C=O) groups is 1. The molecule has 0 radical (unpaired) electrons. The maximum absolute atomic E-state index is 11.8. The summed E-state index contributed by atoms with van der Waals surface area (Å²) in [7, 11) is 0. The molecule has 0 heterocycles. The largest absolute Gasteiger partial charge is 0.480 e. The molecular weight excluding hydrogens is 310 g/mol. The number of halogens is 1. The van der Waals surface area contributed by atoms with Gasteiger partial charge >= 0.3 is 0 Å². The Balaban J connectivity index is 2.80. The van der Waals surface area contributed by atoms with Gasteiger partial charge in [-0.1, -0.05) is 28.9 Å². The highest BCUT2D eigenvalue weighted by atomic mass is 79.9. The lowest BCUT2D eigenvalue weighted by molar-refractivity contribution is -0.127. The molecule has 1 unspecified atom stereocenters. The molecule has 0 aliphatic carbocycles. The number of ether oxygens (including phenoxy) is 1. The molecule has 2 atom stereocenters. The Labute approximate surface area is 122 Å². The van der Waals surface area contributed by atoms with E-state index in [0.717, 1.165) is 10.9 Å². The van der Waals surface area contributed by atoms with Crippen LogP contribution in [0.15, 0.2) is 22.7 Å². The molecule has 0 bridgehead atoms. The van der Waals surface area contributed by atoms with Crippen LogP contribution in [0.5, 0.6) is 5.75 Å². The zero-order chi connectivity index (χ0) is 14.4. The Kier molecular flexibility index (Phi) is 6.31. The zero-order valence-corrected chi connectivity index (χ0v) is 13.0. The van der Waals surface area contributed by atoms with Crippen LogP contribution < -0.4 is 10.1 Å². The van der Waals surface area contributed by atoms with Gasteiger partial charge in [-0.25, -0.2) is 0 Å². The molecule has 0 aromatic heterocycles. The molecule has 0 aliphatic rings. The van der Waals surface area contributed by atoms with Gasteiger partial charge in [-0.15, -0.1) is 0 Å². The standard InChI is InChI=1S/C14H20BrNO3/c1-4-7-16-14(18)10(3)19-13-8-11(15)5-6-12(13)9(2)17/h5-6,8-10,17H,4,7H2,1-3H3,(H,16,18)/t9-,10?/m0/s1. The summed E-state index contributed by atoms with van der Waals surface area (Å²) in [6, 6.07) is 5.36. The average molecular weight is 330 g/mol. The summed E-state index contributed by atoms with van der Waals surface area (Å²) in [5, 5.41) is 12.5. The minimum absolute atomic E-state index is 0.154. The Bertz CT molecular complexity index is 435. The predicted octanol–water partition coefficient (Wildman–Crippen LogP) is 2.80. The van der Waals surface area contributed by atoms with Gasteiger partial charge in [0, 0.05) is 16.6 Å². The van der Waals surface area contributed by atoms with Gasteiger partial charge in [-0.05, 0) is 32.4 Å². The first-order valence-corrected chi connectivity index (χ1v) is 7.16. The summed E-state index contributed by atoms with van der Waals surface area (Å²) in [6.07, 6.45) is -0.360. The van der Waals surface area contributed by atoms with E-state index in [1.54, 1.807) is 26.0 Å². The second-order valence-corrected chi connectivity index (χ2v) is 5.32. The van der Waals surface area contributed by atoms with Crippen molar-refractivity contribution < 1.29 is 14.6 Å². The lowest BCUT2D eigenvalue weighted by Crippen LogP contribution is -2.36. The summed E-state index contributed by atoms with van der Waals surface area (Å²) >= 11 is 3.35. The van der Waals surface area contributed by atoms with Gasteiger partial charge in [-0.2, -0.15) is 0 Å². The number of aliphatic hydroxyl groups is 1. The van der Waals surface area contributed by atoms with Gasteiger partial charge in [0.25, 0.3) is 5.91 Å². The number of nitrogens with one attached hydrogen (secondary N) is 1. The van der Waals surface area contributed by atoms with Crippen molar-refractivity contribution in [2.24, 2.45) is 0 Å². The van der Waals surface area contributed by atoms with Crippen LogP contribution in [-0.4, -0.2) is 23.7 Å². The van der Waals surface area contributed by atoms with Gasteiger partial charge < -0.3 is 15.2 Å². The van der Waals surface area contributed by atoms with E-state index < -0.39 is 12.2 Å². The molecule has 0 saturated heterocycles. The molecule has 1 aromatic rings. The summed E-state index contributed by atoms with van der Waals surface area (Å²) in [6.45, 7) is 5.98. The third-order valence-electron chi connectivity index (χ3n) is 2.65. The lowest BCUT2D eigenvalue weighted by atomic mass is 10.1. The maximum Gasteiger partial charge on any atom is 0.260 e. The van der Waals surface area contributed by atoms with E-state index in [4.69, 9.17) is 4.74 Å². The van der Waals surface area contributed by atoms with Gasteiger partial charge in [0.1, 0.15) is 5.75 Å². The number of amides is 1. The molecular formula is C14H20BrNO3. The van der Waals surface area contributed by atoms with Crippen LogP contribution in [0.2, 0.25) is 0 Å². The predicted molar refractivity (Wildman–Crippen MR) is 78.2 cm³/mol. The Morgan fingerprint density at radius 1 is 1.47 bits per heavy atom. The first kappa shape index (κ1) is 16.0. The number of carbonyl (C=O) groups excluding carboxylic acids is 1. The van der Waals surface area contributed by atoms with Crippen LogP contribution in [0.3, 0.4) is 0 Å². The fourth-order valence-corrected chi connectivity index (χ4v) is 1.93. The summed E-state index contributed by atoms with van der Waals surface area (Å²) in [5.74, 6) is 0.363. The highest BCUT2D eigenvalue weighted by molar-refractivity contribution is 9.10. The van der Waals surface area contributed by atoms with Crippen LogP contribution in [0.25, 0.3) is 0 Å². The Hall–Kier alpha value is -1.07. The lowest BCUT2D eigenvalue weighted by Gasteiger charge is -2.18. The third-order valence-corrected chi connectivity index (χ3v) is 3.14. The quantitative estimate of drug-likeness (QED) is 0.843. The van der Waals surface area contributed by atoms with Gasteiger partial charge in [-0.3, -0.25) is 4.79 Å². The molecule has 4 nitrogen and oxygen atoms in total. The number of rotatable bonds is 6. The fraction of sp³-hybridized carbons (Fsp3) is 0.500. The Morgan fingerprint density at radius 2 is 2.16 bits per heavy atom. The van der Waals surface area contributed by atoms with Crippen molar-refractivity contribution in [3.8, 4) is 5.75 Å². The highest BCUT2D eigenvalue weighted by Gasteiger charge is 2.17. The van der Waals surface area contributed by atoms with Gasteiger partial charge in [0.2, 0.25) is 0 Å². The van der Waals surface area contributed by atoms with Crippen LogP contribution in [0, 0.1) is 0 Å². The molecule has 1 aromatic carbocycles. The van der Waals surface area contributed by atoms with Crippen molar-refractivity contribution in [3.05, 3.63) is 28.2 Å². The van der Waals surface area contributed by atoms with Crippen molar-refractivity contribution in [2.75, 3.05) is 6.54 Å². The zero-order valence-electron chi connectivity index (χ0n) is 11.4. The number of hydrogen-bond donors (Lipinski definition) is 2. The van der Waals surface area contributed by atoms with Crippen LogP contribution >= 0.6 is 15.9 Å². The second-order valence-electron chi connectivity index (χ2n) is 4.41. The van der Waals surface area contributed by atoms with E-state index in [1.807, 2.05) is 13.0 Å². The summed E-state index contributed by atoms with van der Waals surface area (Å²) in [4.78, 5) is 11.8. The van der Waals surface area contributed by atoms with Crippen molar-refractivity contribution in [1.82, 2.24) is 5.32 Å². The van der Waals surface area contributed by atoms with Crippen LogP contribution in [0.4, 0.5) is 0 Å². The fourth-order valence-electron chi connectivity index (χ4n) is 1.59. The second kappa shape index (κ2) is 7.50. The minimum atomic E-state index is -0.644. The number of benzene rings is 1. The SMILES string of the molecule is CCCNC(=O)C(C)Oc1cc(Br)ccc1[C@H](C)O.